The van der Waals surface area contributed by atoms with Crippen LogP contribution in [-0.4, -0.2) is 11.8 Å². The van der Waals surface area contributed by atoms with Gasteiger partial charge in [-0.05, 0) is 36.8 Å². The van der Waals surface area contributed by atoms with E-state index in [0.29, 0.717) is 11.4 Å². The van der Waals surface area contributed by atoms with Crippen LogP contribution in [0.25, 0.3) is 0 Å². The lowest BCUT2D eigenvalue weighted by atomic mass is 10.1. The molecule has 6 heteroatoms. The summed E-state index contributed by atoms with van der Waals surface area (Å²) in [7, 11) is 0. The van der Waals surface area contributed by atoms with Crippen LogP contribution >= 0.6 is 27.3 Å². The number of halogens is 1. The molecule has 0 saturated carbocycles. The van der Waals surface area contributed by atoms with Crippen LogP contribution in [0.3, 0.4) is 0 Å². The Hall–Kier alpha value is -1.66. The van der Waals surface area contributed by atoms with Crippen molar-refractivity contribution >= 4 is 50.5 Å². The van der Waals surface area contributed by atoms with Gasteiger partial charge in [-0.25, -0.2) is 0 Å². The van der Waals surface area contributed by atoms with E-state index < -0.39 is 0 Å². The van der Waals surface area contributed by atoms with Crippen LogP contribution in [0, 0.1) is 6.92 Å². The van der Waals surface area contributed by atoms with Crippen LogP contribution in [0.1, 0.15) is 26.6 Å². The van der Waals surface area contributed by atoms with Crippen LogP contribution < -0.4 is 10.6 Å². The van der Waals surface area contributed by atoms with Gasteiger partial charge in [0.25, 0.3) is 0 Å². The number of carbonyl (C=O) groups is 2. The van der Waals surface area contributed by atoms with Crippen molar-refractivity contribution in [3.63, 3.8) is 0 Å². The maximum Gasteiger partial charge on any atom is 0.233 e. The van der Waals surface area contributed by atoms with Crippen molar-refractivity contribution in [2.45, 2.75) is 18.2 Å². The molecule has 1 unspecified atom stereocenters. The van der Waals surface area contributed by atoms with Crippen LogP contribution in [-0.2, 0) is 9.59 Å². The summed E-state index contributed by atoms with van der Waals surface area (Å²) in [5.41, 5.74) is 2.31. The van der Waals surface area contributed by atoms with Gasteiger partial charge in [-0.1, -0.05) is 22.0 Å². The molecule has 0 radical (unpaired) electrons. The monoisotopic (exact) mass is 364 g/mol. The lowest BCUT2D eigenvalue weighted by molar-refractivity contribution is -0.123. The van der Waals surface area contributed by atoms with E-state index in [9.17, 15) is 9.59 Å². The van der Waals surface area contributed by atoms with Crippen molar-refractivity contribution in [3.05, 3.63) is 45.6 Å². The van der Waals surface area contributed by atoms with Gasteiger partial charge in [-0.15, -0.1) is 11.3 Å². The van der Waals surface area contributed by atoms with Crippen LogP contribution in [0.5, 0.6) is 0 Å². The average molecular weight is 365 g/mol. The molecule has 2 heterocycles. The molecule has 0 spiro atoms. The summed E-state index contributed by atoms with van der Waals surface area (Å²) in [6.45, 7) is 2.07. The highest BCUT2D eigenvalue weighted by molar-refractivity contribution is 9.09. The number of nitrogens with one attached hydrogen (secondary N) is 2. The smallest absolute Gasteiger partial charge is 0.233 e. The highest BCUT2D eigenvalue weighted by Crippen LogP contribution is 2.38. The molecule has 0 bridgehead atoms. The quantitative estimate of drug-likeness (QED) is 0.628. The molecule has 0 aliphatic carbocycles. The van der Waals surface area contributed by atoms with Gasteiger partial charge in [0.15, 0.2) is 0 Å². The minimum Gasteiger partial charge on any atom is -0.324 e. The number of rotatable bonds is 2. The van der Waals surface area contributed by atoms with E-state index in [4.69, 9.17) is 0 Å². The van der Waals surface area contributed by atoms with Crippen molar-refractivity contribution in [2.24, 2.45) is 0 Å². The Labute approximate surface area is 134 Å². The Kier molecular flexibility index (Phi) is 3.82. The Morgan fingerprint density at radius 2 is 1.81 bits per heavy atom. The Morgan fingerprint density at radius 3 is 2.48 bits per heavy atom. The van der Waals surface area contributed by atoms with Crippen LogP contribution in [0.2, 0.25) is 0 Å². The fourth-order valence-corrected chi connectivity index (χ4v) is 3.82. The van der Waals surface area contributed by atoms with Gasteiger partial charge in [0, 0.05) is 9.75 Å². The van der Waals surface area contributed by atoms with Crippen molar-refractivity contribution in [1.29, 1.82) is 0 Å². The summed E-state index contributed by atoms with van der Waals surface area (Å²) in [5, 5.41) is 5.49. The van der Waals surface area contributed by atoms with Crippen molar-refractivity contribution in [1.82, 2.24) is 0 Å². The number of benzene rings is 1. The summed E-state index contributed by atoms with van der Waals surface area (Å²) >= 11 is 5.42. The molecule has 1 aliphatic rings. The predicted octanol–water partition coefficient (Wildman–Crippen LogP) is 3.82. The molecule has 1 aromatic carbocycles. The summed E-state index contributed by atoms with van der Waals surface area (Å²) in [4.78, 5) is 25.7. The molecule has 2 aromatic rings. The summed E-state index contributed by atoms with van der Waals surface area (Å²) in [6.07, 6.45) is -0.147. The Bertz CT molecular complexity index is 726. The molecule has 2 amide bonds. The Morgan fingerprint density at radius 1 is 1.10 bits per heavy atom. The van der Waals surface area contributed by atoms with E-state index in [1.807, 2.05) is 18.2 Å². The highest BCUT2D eigenvalue weighted by Gasteiger charge is 2.20. The fourth-order valence-electron chi connectivity index (χ4n) is 2.22. The van der Waals surface area contributed by atoms with E-state index in [2.05, 4.69) is 45.6 Å². The van der Waals surface area contributed by atoms with Crippen LogP contribution in [0.4, 0.5) is 11.4 Å². The second-order valence-corrected chi connectivity index (χ2v) is 7.12. The molecular weight excluding hydrogens is 352 g/mol. The third kappa shape index (κ3) is 3.01. The second-order valence-electron chi connectivity index (χ2n) is 4.89. The highest BCUT2D eigenvalue weighted by atomic mass is 79.9. The molecule has 0 saturated heterocycles. The molecule has 3 rings (SSSR count). The molecule has 1 aliphatic heterocycles. The van der Waals surface area contributed by atoms with E-state index >= 15 is 0 Å². The number of alkyl halides is 1. The number of carbonyl (C=O) groups excluding carboxylic acids is 2. The largest absolute Gasteiger partial charge is 0.324 e. The number of thiophene rings is 1. The first-order valence-corrected chi connectivity index (χ1v) is 8.20. The minimum atomic E-state index is -0.290. The number of anilines is 2. The average Bonchev–Trinajstić information content (AvgIpc) is 2.79. The van der Waals surface area contributed by atoms with Gasteiger partial charge < -0.3 is 10.6 Å². The molecule has 21 heavy (non-hydrogen) atoms. The normalized spacial score (nSPS) is 15.7. The maximum atomic E-state index is 11.6. The van der Waals surface area contributed by atoms with Crippen molar-refractivity contribution in [2.75, 3.05) is 10.6 Å². The third-order valence-electron chi connectivity index (χ3n) is 3.22. The lowest BCUT2D eigenvalue weighted by Gasteiger charge is -2.13. The van der Waals surface area contributed by atoms with E-state index in [0.717, 1.165) is 5.56 Å². The topological polar surface area (TPSA) is 58.2 Å². The molecule has 0 fully saturated rings. The minimum absolute atomic E-state index is 0.0670. The number of fused-ring (bicyclic) bond motifs is 1. The number of hydrogen-bond acceptors (Lipinski definition) is 3. The zero-order valence-corrected chi connectivity index (χ0v) is 13.7. The van der Waals surface area contributed by atoms with Gasteiger partial charge in [0.1, 0.15) is 6.42 Å². The zero-order chi connectivity index (χ0) is 15.0. The molecular formula is C15H13BrN2O2S. The first-order valence-electron chi connectivity index (χ1n) is 6.47. The fraction of sp³-hybridized carbons (Fsp3) is 0.200. The first kappa shape index (κ1) is 14.3. The molecule has 4 nitrogen and oxygen atoms in total. The van der Waals surface area contributed by atoms with Gasteiger partial charge in [-0.3, -0.25) is 9.59 Å². The van der Waals surface area contributed by atoms with Gasteiger partial charge in [-0.2, -0.15) is 0 Å². The van der Waals surface area contributed by atoms with Gasteiger partial charge in [0.2, 0.25) is 11.8 Å². The standard InChI is InChI=1S/C15H13BrN2O2S/c1-8-2-5-12(21-8)15(16)9-3-4-10-11(6-9)18-14(20)7-13(19)17-10/h2-6,15H,7H2,1H3,(H,17,19)(H,18,20). The van der Waals surface area contributed by atoms with E-state index in [-0.39, 0.29) is 23.1 Å². The summed E-state index contributed by atoms with van der Waals surface area (Å²) in [5.74, 6) is -0.579. The SMILES string of the molecule is Cc1ccc(C(Br)c2ccc3c(c2)NC(=O)CC(=O)N3)s1. The number of aryl methyl sites for hydroxylation is 1. The summed E-state index contributed by atoms with van der Waals surface area (Å²) < 4.78 is 0. The van der Waals surface area contributed by atoms with Crippen molar-refractivity contribution < 1.29 is 9.59 Å². The Balaban J connectivity index is 1.95. The molecule has 1 aromatic heterocycles. The lowest BCUT2D eigenvalue weighted by Crippen LogP contribution is -2.16. The van der Waals surface area contributed by atoms with Crippen molar-refractivity contribution in [3.8, 4) is 0 Å². The molecule has 108 valence electrons. The third-order valence-corrected chi connectivity index (χ3v) is 5.61. The first-order chi connectivity index (χ1) is 10.0. The molecule has 2 N–H and O–H groups in total. The molecule has 1 atom stereocenters. The predicted molar refractivity (Wildman–Crippen MR) is 88.1 cm³/mol. The van der Waals surface area contributed by atoms with E-state index in [1.54, 1.807) is 11.3 Å². The number of hydrogen-bond donors (Lipinski definition) is 2. The maximum absolute atomic E-state index is 11.6. The van der Waals surface area contributed by atoms with Gasteiger partial charge >= 0.3 is 0 Å². The summed E-state index contributed by atoms with van der Waals surface area (Å²) in [6, 6.07) is 9.84. The number of amides is 2. The zero-order valence-electron chi connectivity index (χ0n) is 11.3. The van der Waals surface area contributed by atoms with Gasteiger partial charge in [0.05, 0.1) is 16.2 Å². The van der Waals surface area contributed by atoms with E-state index in [1.165, 1.54) is 9.75 Å². The second kappa shape index (κ2) is 5.61. The van der Waals surface area contributed by atoms with Crippen LogP contribution in [0.15, 0.2) is 30.3 Å².